The predicted molar refractivity (Wildman–Crippen MR) is 122 cm³/mol. The number of hydrogen-bond acceptors (Lipinski definition) is 5. The Bertz CT molecular complexity index is 1330. The number of nitrogens with one attached hydrogen (secondary N) is 2. The third-order valence-electron chi connectivity index (χ3n) is 5.67. The van der Waals surface area contributed by atoms with Crippen LogP contribution in [0.15, 0.2) is 53.6 Å². The molecule has 4 rings (SSSR count). The Morgan fingerprint density at radius 2 is 1.74 bits per heavy atom. The van der Waals surface area contributed by atoms with Gasteiger partial charge in [0.25, 0.3) is 10.0 Å². The summed E-state index contributed by atoms with van der Waals surface area (Å²) in [6.45, 7) is 0.486. The van der Waals surface area contributed by atoms with Gasteiger partial charge < -0.3 is 4.98 Å². The molecular formula is C20H21Cl2N3O4S2. The summed E-state index contributed by atoms with van der Waals surface area (Å²) in [6.07, 6.45) is 2.19. The normalized spacial score (nSPS) is 20.9. The van der Waals surface area contributed by atoms with Crippen LogP contribution in [0, 0.1) is 0 Å². The first-order chi connectivity index (χ1) is 14.6. The van der Waals surface area contributed by atoms with Crippen molar-refractivity contribution in [3.63, 3.8) is 0 Å². The van der Waals surface area contributed by atoms with E-state index in [4.69, 9.17) is 23.2 Å². The van der Waals surface area contributed by atoms with Crippen LogP contribution >= 0.6 is 23.2 Å². The van der Waals surface area contributed by atoms with Crippen molar-refractivity contribution in [2.24, 2.45) is 0 Å². The van der Waals surface area contributed by atoms with Crippen molar-refractivity contribution in [2.75, 3.05) is 13.6 Å². The molecule has 0 amide bonds. The van der Waals surface area contributed by atoms with Crippen molar-refractivity contribution < 1.29 is 16.8 Å². The molecule has 11 heteroatoms. The Labute approximate surface area is 191 Å². The fourth-order valence-corrected chi connectivity index (χ4v) is 8.11. The summed E-state index contributed by atoms with van der Waals surface area (Å²) < 4.78 is 53.1. The maximum absolute atomic E-state index is 13.0. The molecule has 2 heterocycles. The zero-order valence-electron chi connectivity index (χ0n) is 16.5. The third-order valence-corrected chi connectivity index (χ3v) is 10.3. The topological polar surface area (TPSA) is 99.3 Å². The molecule has 1 aromatic heterocycles. The standard InChI is InChI=1S/C20H21Cl2N3O4S2/c1-25-10-9-14(31(28,29)24-30(26,27)13-5-3-2-4-6-13)11-18(25)15-7-8-16(21)19-17(22)12-23-20(15)19/h2-8,12,14,18,23-24H,9-11H2,1H3. The summed E-state index contributed by atoms with van der Waals surface area (Å²) in [5, 5.41) is 0.802. The maximum atomic E-state index is 13.0. The third kappa shape index (κ3) is 4.35. The fourth-order valence-electron chi connectivity index (χ4n) is 4.03. The van der Waals surface area contributed by atoms with Crippen LogP contribution in [0.2, 0.25) is 10.0 Å². The van der Waals surface area contributed by atoms with Gasteiger partial charge >= 0.3 is 0 Å². The Kier molecular flexibility index (Phi) is 6.10. The van der Waals surface area contributed by atoms with Crippen LogP contribution < -0.4 is 4.13 Å². The second-order valence-corrected chi connectivity index (χ2v) is 12.3. The van der Waals surface area contributed by atoms with E-state index in [1.165, 1.54) is 12.1 Å². The van der Waals surface area contributed by atoms with Gasteiger partial charge in [-0.25, -0.2) is 16.8 Å². The van der Waals surface area contributed by atoms with Gasteiger partial charge in [-0.15, -0.1) is 4.13 Å². The average molecular weight is 502 g/mol. The minimum absolute atomic E-state index is 0.0940. The number of hydrogen-bond donors (Lipinski definition) is 2. The molecule has 1 saturated heterocycles. The molecule has 0 radical (unpaired) electrons. The van der Waals surface area contributed by atoms with Crippen LogP contribution in [0.3, 0.4) is 0 Å². The highest BCUT2D eigenvalue weighted by atomic mass is 35.5. The second kappa shape index (κ2) is 8.38. The molecule has 2 atom stereocenters. The Morgan fingerprint density at radius 3 is 2.45 bits per heavy atom. The predicted octanol–water partition coefficient (Wildman–Crippen LogP) is 3.92. The van der Waals surface area contributed by atoms with E-state index in [2.05, 4.69) is 9.88 Å². The SMILES string of the molecule is CN1CCC(S(=O)(=O)NS(=O)(=O)c2ccccc2)CC1c1ccc(Cl)c2c(Cl)c[nH]c12. The first kappa shape index (κ1) is 22.6. The van der Waals surface area contributed by atoms with Crippen molar-refractivity contribution in [1.82, 2.24) is 14.0 Å². The molecule has 2 N–H and O–H groups in total. The molecule has 0 aliphatic carbocycles. The van der Waals surface area contributed by atoms with Gasteiger partial charge in [-0.3, -0.25) is 4.90 Å². The molecule has 0 spiro atoms. The Morgan fingerprint density at radius 1 is 1.03 bits per heavy atom. The summed E-state index contributed by atoms with van der Waals surface area (Å²) >= 11 is 12.5. The lowest BCUT2D eigenvalue weighted by molar-refractivity contribution is 0.190. The molecular weight excluding hydrogens is 481 g/mol. The van der Waals surface area contributed by atoms with E-state index in [9.17, 15) is 16.8 Å². The van der Waals surface area contributed by atoms with Crippen molar-refractivity contribution in [2.45, 2.75) is 29.0 Å². The number of piperidine rings is 1. The van der Waals surface area contributed by atoms with Crippen LogP contribution in [0.1, 0.15) is 24.4 Å². The number of fused-ring (bicyclic) bond motifs is 1. The van der Waals surface area contributed by atoms with E-state index in [0.29, 0.717) is 28.4 Å². The van der Waals surface area contributed by atoms with Crippen molar-refractivity contribution in [3.05, 3.63) is 64.3 Å². The number of sulfonamides is 2. The molecule has 0 bridgehead atoms. The summed E-state index contributed by atoms with van der Waals surface area (Å²) in [5.74, 6) is 0. The van der Waals surface area contributed by atoms with Crippen LogP contribution in [-0.4, -0.2) is 45.6 Å². The van der Waals surface area contributed by atoms with E-state index in [-0.39, 0.29) is 17.4 Å². The largest absolute Gasteiger partial charge is 0.359 e. The molecule has 1 aliphatic heterocycles. The molecule has 0 saturated carbocycles. The number of aromatic amines is 1. The van der Waals surface area contributed by atoms with Gasteiger partial charge in [-0.2, -0.15) is 0 Å². The van der Waals surface area contributed by atoms with E-state index in [1.807, 2.05) is 17.2 Å². The monoisotopic (exact) mass is 501 g/mol. The van der Waals surface area contributed by atoms with Gasteiger partial charge in [-0.1, -0.05) is 47.5 Å². The molecule has 7 nitrogen and oxygen atoms in total. The van der Waals surface area contributed by atoms with Gasteiger partial charge in [-0.05, 0) is 50.2 Å². The van der Waals surface area contributed by atoms with Crippen molar-refractivity contribution in [3.8, 4) is 0 Å². The zero-order chi connectivity index (χ0) is 22.4. The number of aromatic nitrogens is 1. The van der Waals surface area contributed by atoms with Gasteiger partial charge in [0.2, 0.25) is 10.0 Å². The molecule has 2 unspecified atom stereocenters. The average Bonchev–Trinajstić information content (AvgIpc) is 3.11. The molecule has 3 aromatic rings. The lowest BCUT2D eigenvalue weighted by Gasteiger charge is -2.37. The lowest BCUT2D eigenvalue weighted by atomic mass is 9.94. The Hall–Kier alpha value is -1.62. The highest BCUT2D eigenvalue weighted by Gasteiger charge is 2.38. The van der Waals surface area contributed by atoms with Crippen LogP contribution in [0.4, 0.5) is 0 Å². The van der Waals surface area contributed by atoms with Gasteiger partial charge in [0.05, 0.1) is 25.7 Å². The fraction of sp³-hybridized carbons (Fsp3) is 0.300. The summed E-state index contributed by atoms with van der Waals surface area (Å²) in [5.41, 5.74) is 1.61. The minimum Gasteiger partial charge on any atom is -0.359 e. The van der Waals surface area contributed by atoms with Gasteiger partial charge in [0.1, 0.15) is 0 Å². The number of H-pyrrole nitrogens is 1. The number of rotatable bonds is 5. The number of likely N-dealkylation sites (tertiary alicyclic amines) is 1. The van der Waals surface area contributed by atoms with E-state index < -0.39 is 25.3 Å². The van der Waals surface area contributed by atoms with E-state index >= 15 is 0 Å². The van der Waals surface area contributed by atoms with Crippen molar-refractivity contribution in [1.29, 1.82) is 0 Å². The number of nitrogens with zero attached hydrogens (tertiary/aromatic N) is 1. The smallest absolute Gasteiger partial charge is 0.253 e. The first-order valence-electron chi connectivity index (χ1n) is 9.58. The maximum Gasteiger partial charge on any atom is 0.253 e. The first-order valence-corrected chi connectivity index (χ1v) is 13.4. The minimum atomic E-state index is -4.19. The molecule has 31 heavy (non-hydrogen) atoms. The highest BCUT2D eigenvalue weighted by molar-refractivity contribution is 8.05. The Balaban J connectivity index is 1.64. The van der Waals surface area contributed by atoms with Crippen LogP contribution in [-0.2, 0) is 20.0 Å². The highest BCUT2D eigenvalue weighted by Crippen LogP contribution is 2.40. The lowest BCUT2D eigenvalue weighted by Crippen LogP contribution is -2.45. The molecule has 166 valence electrons. The summed E-state index contributed by atoms with van der Waals surface area (Å²) in [7, 11) is -6.42. The second-order valence-electron chi connectivity index (χ2n) is 7.61. The molecule has 1 aliphatic rings. The zero-order valence-corrected chi connectivity index (χ0v) is 19.7. The number of benzene rings is 2. The van der Waals surface area contributed by atoms with E-state index in [1.54, 1.807) is 30.5 Å². The summed E-state index contributed by atoms with van der Waals surface area (Å²) in [6, 6.07) is 10.8. The van der Waals surface area contributed by atoms with E-state index in [0.717, 1.165) is 11.1 Å². The van der Waals surface area contributed by atoms with Crippen molar-refractivity contribution >= 4 is 54.2 Å². The van der Waals surface area contributed by atoms with Gasteiger partial charge in [0.15, 0.2) is 0 Å². The van der Waals surface area contributed by atoms with Crippen LogP contribution in [0.25, 0.3) is 10.9 Å². The quantitative estimate of drug-likeness (QED) is 0.551. The number of halogens is 2. The molecule has 1 fully saturated rings. The van der Waals surface area contributed by atoms with Gasteiger partial charge in [0, 0.05) is 17.6 Å². The molecule has 2 aromatic carbocycles. The summed E-state index contributed by atoms with van der Waals surface area (Å²) in [4.78, 5) is 5.08. The van der Waals surface area contributed by atoms with Crippen LogP contribution in [0.5, 0.6) is 0 Å².